The van der Waals surface area contributed by atoms with Gasteiger partial charge in [0.25, 0.3) is 0 Å². The Morgan fingerprint density at radius 2 is 2.06 bits per heavy atom. The second-order valence-corrected chi connectivity index (χ2v) is 10.4. The van der Waals surface area contributed by atoms with Crippen molar-refractivity contribution >= 4 is 38.4 Å². The molecule has 0 spiro atoms. The molecule has 1 aliphatic heterocycles. The van der Waals surface area contributed by atoms with Gasteiger partial charge in [0.2, 0.25) is 0 Å². The maximum atomic E-state index is 13.7. The first-order chi connectivity index (χ1) is 16.5. The molecule has 5 rings (SSSR count). The summed E-state index contributed by atoms with van der Waals surface area (Å²) < 4.78 is 44.4. The highest BCUT2D eigenvalue weighted by atomic mass is 79.9. The van der Waals surface area contributed by atoms with Gasteiger partial charge in [-0.05, 0) is 58.6 Å². The van der Waals surface area contributed by atoms with Crippen LogP contribution in [0.4, 0.5) is 14.6 Å². The van der Waals surface area contributed by atoms with E-state index < -0.39 is 22.6 Å². The van der Waals surface area contributed by atoms with Gasteiger partial charge in [-0.3, -0.25) is 4.98 Å². The van der Waals surface area contributed by atoms with Crippen molar-refractivity contribution in [3.8, 4) is 0 Å². The van der Waals surface area contributed by atoms with E-state index in [1.54, 1.807) is 27.4 Å². The molecule has 34 heavy (non-hydrogen) atoms. The highest BCUT2D eigenvalue weighted by Crippen LogP contribution is 2.31. The third-order valence-corrected chi connectivity index (χ3v) is 7.79. The molecule has 4 aromatic rings. The SMILES string of the molecule is O=S(c1ccc(F)c(F)c1)N1CCCC(c2cc(NCc3cccnc3)n3ncc(Br)c3n2)C1. The van der Waals surface area contributed by atoms with Crippen molar-refractivity contribution < 1.29 is 13.0 Å². The molecule has 7 nitrogen and oxygen atoms in total. The van der Waals surface area contributed by atoms with Crippen molar-refractivity contribution in [1.82, 2.24) is 23.9 Å². The van der Waals surface area contributed by atoms with E-state index in [2.05, 4.69) is 31.3 Å². The van der Waals surface area contributed by atoms with Crippen molar-refractivity contribution in [1.29, 1.82) is 0 Å². The average molecular weight is 547 g/mol. The Bertz CT molecular complexity index is 1350. The Morgan fingerprint density at radius 3 is 2.85 bits per heavy atom. The monoisotopic (exact) mass is 546 g/mol. The van der Waals surface area contributed by atoms with Gasteiger partial charge in [-0.2, -0.15) is 9.61 Å². The van der Waals surface area contributed by atoms with Crippen LogP contribution in [0.2, 0.25) is 0 Å². The van der Waals surface area contributed by atoms with Gasteiger partial charge in [0.15, 0.2) is 17.3 Å². The van der Waals surface area contributed by atoms with Gasteiger partial charge in [-0.25, -0.2) is 22.3 Å². The number of nitrogens with zero attached hydrogens (tertiary/aromatic N) is 5. The number of piperidine rings is 1. The van der Waals surface area contributed by atoms with Crippen LogP contribution < -0.4 is 5.32 Å². The Balaban J connectivity index is 1.41. The summed E-state index contributed by atoms with van der Waals surface area (Å²) in [6.07, 6.45) is 6.93. The highest BCUT2D eigenvalue weighted by Gasteiger charge is 2.28. The fourth-order valence-corrected chi connectivity index (χ4v) is 5.70. The van der Waals surface area contributed by atoms with Gasteiger partial charge < -0.3 is 5.32 Å². The zero-order chi connectivity index (χ0) is 23.7. The summed E-state index contributed by atoms with van der Waals surface area (Å²) >= 11 is 3.52. The van der Waals surface area contributed by atoms with E-state index in [1.165, 1.54) is 6.07 Å². The van der Waals surface area contributed by atoms with Crippen LogP contribution in [0.1, 0.15) is 30.0 Å². The normalized spacial score (nSPS) is 17.7. The molecule has 1 N–H and O–H groups in total. The lowest BCUT2D eigenvalue weighted by Crippen LogP contribution is -2.36. The summed E-state index contributed by atoms with van der Waals surface area (Å²) in [6, 6.07) is 9.23. The van der Waals surface area contributed by atoms with Crippen molar-refractivity contribution in [2.45, 2.75) is 30.2 Å². The van der Waals surface area contributed by atoms with Crippen LogP contribution in [0.25, 0.3) is 5.65 Å². The molecule has 0 saturated carbocycles. The van der Waals surface area contributed by atoms with Crippen LogP contribution >= 0.6 is 15.9 Å². The number of hydrogen-bond acceptors (Lipinski definition) is 5. The Morgan fingerprint density at radius 1 is 1.18 bits per heavy atom. The molecule has 11 heteroatoms. The number of anilines is 1. The van der Waals surface area contributed by atoms with E-state index in [1.807, 2.05) is 18.2 Å². The lowest BCUT2D eigenvalue weighted by Gasteiger charge is -2.31. The molecule has 0 bridgehead atoms. The van der Waals surface area contributed by atoms with E-state index in [0.717, 1.165) is 46.5 Å². The van der Waals surface area contributed by atoms with Crippen LogP contribution in [0.15, 0.2) is 64.4 Å². The number of hydrogen-bond donors (Lipinski definition) is 1. The molecule has 1 saturated heterocycles. The fraction of sp³-hybridized carbons (Fsp3) is 0.261. The quantitative estimate of drug-likeness (QED) is 0.380. The number of aromatic nitrogens is 4. The summed E-state index contributed by atoms with van der Waals surface area (Å²) in [7, 11) is -1.59. The molecule has 176 valence electrons. The summed E-state index contributed by atoms with van der Waals surface area (Å²) in [6.45, 7) is 1.66. The van der Waals surface area contributed by atoms with E-state index in [0.29, 0.717) is 25.3 Å². The molecular formula is C23H21BrF2N6OS. The minimum atomic E-state index is -1.59. The van der Waals surface area contributed by atoms with Crippen molar-refractivity contribution in [2.75, 3.05) is 18.4 Å². The minimum Gasteiger partial charge on any atom is -0.366 e. The predicted molar refractivity (Wildman–Crippen MR) is 129 cm³/mol. The first-order valence-corrected chi connectivity index (χ1v) is 12.7. The maximum Gasteiger partial charge on any atom is 0.171 e. The lowest BCUT2D eigenvalue weighted by molar-refractivity contribution is 0.327. The average Bonchev–Trinajstić information content (AvgIpc) is 3.25. The van der Waals surface area contributed by atoms with Crippen molar-refractivity contribution in [2.24, 2.45) is 0 Å². The Hall–Kier alpha value is -2.76. The van der Waals surface area contributed by atoms with Gasteiger partial charge in [0.1, 0.15) is 16.8 Å². The maximum absolute atomic E-state index is 13.7. The number of fused-ring (bicyclic) bond motifs is 1. The zero-order valence-electron chi connectivity index (χ0n) is 18.0. The largest absolute Gasteiger partial charge is 0.366 e. The predicted octanol–water partition coefficient (Wildman–Crippen LogP) is 4.68. The third-order valence-electron chi connectivity index (χ3n) is 5.77. The van der Waals surface area contributed by atoms with Gasteiger partial charge in [0.05, 0.1) is 21.3 Å². The standard InChI is InChI=1S/C23H21BrF2N6OS/c24-18-13-29-32-22(28-12-15-3-1-7-27-11-15)10-21(30-23(18)32)16-4-2-8-31(14-16)34(33)17-5-6-19(25)20(26)9-17/h1,3,5-7,9-11,13,16,28H,2,4,8,12,14H2. The molecule has 0 aliphatic carbocycles. The first-order valence-electron chi connectivity index (χ1n) is 10.8. The molecule has 1 fully saturated rings. The summed E-state index contributed by atoms with van der Waals surface area (Å²) in [5.41, 5.74) is 2.57. The van der Waals surface area contributed by atoms with Crippen LogP contribution in [0.5, 0.6) is 0 Å². The van der Waals surface area contributed by atoms with Gasteiger partial charge in [0, 0.05) is 44.0 Å². The highest BCUT2D eigenvalue weighted by molar-refractivity contribution is 9.10. The van der Waals surface area contributed by atoms with E-state index in [4.69, 9.17) is 4.98 Å². The van der Waals surface area contributed by atoms with Crippen LogP contribution in [-0.4, -0.2) is 41.2 Å². The zero-order valence-corrected chi connectivity index (χ0v) is 20.4. The summed E-state index contributed by atoms with van der Waals surface area (Å²) in [4.78, 5) is 9.24. The molecule has 1 aliphatic rings. The van der Waals surface area contributed by atoms with Crippen molar-refractivity contribution in [3.63, 3.8) is 0 Å². The third kappa shape index (κ3) is 4.73. The molecule has 0 amide bonds. The number of rotatable bonds is 6. The second kappa shape index (κ2) is 9.85. The topological polar surface area (TPSA) is 75.4 Å². The Kier molecular flexibility index (Phi) is 6.66. The second-order valence-electron chi connectivity index (χ2n) is 8.06. The van der Waals surface area contributed by atoms with Crippen LogP contribution in [0.3, 0.4) is 0 Å². The van der Waals surface area contributed by atoms with E-state index in [9.17, 15) is 13.0 Å². The smallest absolute Gasteiger partial charge is 0.171 e. The molecule has 0 radical (unpaired) electrons. The molecular weight excluding hydrogens is 526 g/mol. The number of pyridine rings is 1. The van der Waals surface area contributed by atoms with Crippen molar-refractivity contribution in [3.05, 3.63) is 82.4 Å². The first kappa shape index (κ1) is 23.0. The summed E-state index contributed by atoms with van der Waals surface area (Å²) in [5, 5.41) is 7.84. The molecule has 3 aromatic heterocycles. The molecule has 1 aromatic carbocycles. The number of benzene rings is 1. The van der Waals surface area contributed by atoms with Gasteiger partial charge in [-0.1, -0.05) is 6.07 Å². The van der Waals surface area contributed by atoms with Crippen LogP contribution in [0, 0.1) is 11.6 Å². The van der Waals surface area contributed by atoms with Gasteiger partial charge >= 0.3 is 0 Å². The van der Waals surface area contributed by atoms with Crippen LogP contribution in [-0.2, 0) is 17.5 Å². The van der Waals surface area contributed by atoms with E-state index >= 15 is 0 Å². The number of nitrogens with one attached hydrogen (secondary N) is 1. The molecule has 4 heterocycles. The molecule has 2 atom stereocenters. The number of halogens is 3. The van der Waals surface area contributed by atoms with E-state index in [-0.39, 0.29) is 10.8 Å². The lowest BCUT2D eigenvalue weighted by atomic mass is 9.96. The summed E-state index contributed by atoms with van der Waals surface area (Å²) in [5.74, 6) is -1.14. The minimum absolute atomic E-state index is 0.0220. The van der Waals surface area contributed by atoms with Gasteiger partial charge in [-0.15, -0.1) is 0 Å². The fourth-order valence-electron chi connectivity index (χ4n) is 4.05. The molecule has 2 unspecified atom stereocenters. The Labute approximate surface area is 205 Å².